The summed E-state index contributed by atoms with van der Waals surface area (Å²) < 4.78 is 5.30. The van der Waals surface area contributed by atoms with E-state index in [0.717, 1.165) is 11.4 Å². The number of para-hydroxylation sites is 2. The Morgan fingerprint density at radius 3 is 2.43 bits per heavy atom. The van der Waals surface area contributed by atoms with Gasteiger partial charge in [0.05, 0.1) is 19.3 Å². The zero-order valence-corrected chi connectivity index (χ0v) is 15.5. The van der Waals surface area contributed by atoms with Gasteiger partial charge in [-0.3, -0.25) is 4.99 Å². The van der Waals surface area contributed by atoms with E-state index in [1.165, 1.54) is 18.4 Å². The van der Waals surface area contributed by atoms with E-state index in [-0.39, 0.29) is 29.4 Å². The zero-order valence-electron chi connectivity index (χ0n) is 13.2. The van der Waals surface area contributed by atoms with E-state index in [2.05, 4.69) is 34.6 Å². The lowest BCUT2D eigenvalue weighted by molar-refractivity contribution is 0.417. The summed E-state index contributed by atoms with van der Waals surface area (Å²) in [5.41, 5.74) is 8.38. The van der Waals surface area contributed by atoms with Crippen LogP contribution in [0.1, 0.15) is 18.4 Å². The average Bonchev–Trinajstić information content (AvgIpc) is 3.36. The van der Waals surface area contributed by atoms with Crippen LogP contribution in [0.25, 0.3) is 0 Å². The van der Waals surface area contributed by atoms with Gasteiger partial charge >= 0.3 is 0 Å². The minimum atomic E-state index is 0. The molecule has 1 saturated carbocycles. The van der Waals surface area contributed by atoms with Crippen LogP contribution in [0.15, 0.2) is 59.6 Å². The summed E-state index contributed by atoms with van der Waals surface area (Å²) in [5, 5.41) is 3.12. The van der Waals surface area contributed by atoms with Gasteiger partial charge in [-0.1, -0.05) is 42.5 Å². The van der Waals surface area contributed by atoms with Crippen LogP contribution in [0.2, 0.25) is 0 Å². The van der Waals surface area contributed by atoms with Crippen molar-refractivity contribution >= 4 is 35.6 Å². The smallest absolute Gasteiger partial charge is 0.193 e. The predicted octanol–water partition coefficient (Wildman–Crippen LogP) is 3.77. The van der Waals surface area contributed by atoms with Gasteiger partial charge in [0.25, 0.3) is 0 Å². The lowest BCUT2D eigenvalue weighted by Crippen LogP contribution is -2.25. The van der Waals surface area contributed by atoms with E-state index in [4.69, 9.17) is 10.5 Å². The number of benzene rings is 2. The number of nitrogens with two attached hydrogens (primary N) is 1. The summed E-state index contributed by atoms with van der Waals surface area (Å²) >= 11 is 0. The zero-order chi connectivity index (χ0) is 15.4. The minimum absolute atomic E-state index is 0. The number of ether oxygens (including phenoxy) is 1. The maximum Gasteiger partial charge on any atom is 0.193 e. The molecule has 0 bridgehead atoms. The Hall–Kier alpha value is -1.76. The van der Waals surface area contributed by atoms with Crippen molar-refractivity contribution in [1.29, 1.82) is 0 Å². The number of hydrogen-bond donors (Lipinski definition) is 2. The Bertz CT molecular complexity index is 669. The molecule has 3 rings (SSSR count). The van der Waals surface area contributed by atoms with E-state index >= 15 is 0 Å². The minimum Gasteiger partial charge on any atom is -0.495 e. The van der Waals surface area contributed by atoms with Crippen molar-refractivity contribution in [1.82, 2.24) is 0 Å². The van der Waals surface area contributed by atoms with Gasteiger partial charge in [0.2, 0.25) is 0 Å². The third kappa shape index (κ3) is 4.16. The summed E-state index contributed by atoms with van der Waals surface area (Å²) in [6, 6.07) is 18.2. The Morgan fingerprint density at radius 2 is 1.78 bits per heavy atom. The molecule has 0 saturated heterocycles. The molecule has 23 heavy (non-hydrogen) atoms. The topological polar surface area (TPSA) is 59.6 Å². The van der Waals surface area contributed by atoms with Crippen molar-refractivity contribution in [3.63, 3.8) is 0 Å². The van der Waals surface area contributed by atoms with Gasteiger partial charge in [0.1, 0.15) is 5.75 Å². The maximum atomic E-state index is 6.03. The van der Waals surface area contributed by atoms with Crippen LogP contribution >= 0.6 is 24.0 Å². The van der Waals surface area contributed by atoms with Crippen molar-refractivity contribution in [3.05, 3.63) is 60.2 Å². The molecule has 0 amide bonds. The average molecular weight is 423 g/mol. The number of guanidine groups is 1. The summed E-state index contributed by atoms with van der Waals surface area (Å²) in [5.74, 6) is 1.18. The van der Waals surface area contributed by atoms with Gasteiger partial charge in [-0.15, -0.1) is 24.0 Å². The molecule has 0 spiro atoms. The first kappa shape index (κ1) is 17.6. The fraction of sp³-hybridized carbons (Fsp3) is 0.278. The first-order valence-corrected chi connectivity index (χ1v) is 7.49. The Kier molecular flexibility index (Phi) is 5.87. The molecule has 0 heterocycles. The van der Waals surface area contributed by atoms with Gasteiger partial charge in [0.15, 0.2) is 5.96 Å². The highest BCUT2D eigenvalue weighted by molar-refractivity contribution is 14.0. The number of anilines is 1. The summed E-state index contributed by atoms with van der Waals surface area (Å²) in [6.07, 6.45) is 2.34. The van der Waals surface area contributed by atoms with Crippen LogP contribution in [0.3, 0.4) is 0 Å². The number of halogens is 1. The molecule has 2 aromatic rings. The highest BCUT2D eigenvalue weighted by Crippen LogP contribution is 2.48. The molecule has 0 atom stereocenters. The number of rotatable bonds is 5. The first-order chi connectivity index (χ1) is 10.7. The van der Waals surface area contributed by atoms with Crippen LogP contribution in [-0.4, -0.2) is 19.6 Å². The van der Waals surface area contributed by atoms with Crippen molar-refractivity contribution in [2.24, 2.45) is 10.7 Å². The second kappa shape index (κ2) is 7.68. The fourth-order valence-electron chi connectivity index (χ4n) is 2.64. The van der Waals surface area contributed by atoms with Crippen LogP contribution in [0, 0.1) is 0 Å². The molecule has 1 aliphatic carbocycles. The first-order valence-electron chi connectivity index (χ1n) is 7.49. The predicted molar refractivity (Wildman–Crippen MR) is 106 cm³/mol. The molecular weight excluding hydrogens is 401 g/mol. The molecule has 1 fully saturated rings. The molecule has 1 aliphatic rings. The molecule has 4 nitrogen and oxygen atoms in total. The summed E-state index contributed by atoms with van der Waals surface area (Å²) in [7, 11) is 1.64. The molecule has 2 aromatic carbocycles. The number of hydrogen-bond acceptors (Lipinski definition) is 2. The highest BCUT2D eigenvalue weighted by atomic mass is 127. The lowest BCUT2D eigenvalue weighted by Gasteiger charge is -2.14. The van der Waals surface area contributed by atoms with Crippen LogP contribution < -0.4 is 15.8 Å². The SMILES string of the molecule is COc1ccccc1NC(N)=NCC1(c2ccccc2)CC1.I. The Balaban J connectivity index is 0.00000192. The van der Waals surface area contributed by atoms with Gasteiger partial charge < -0.3 is 15.8 Å². The van der Waals surface area contributed by atoms with E-state index < -0.39 is 0 Å². The number of methoxy groups -OCH3 is 1. The normalized spacial score (nSPS) is 15.4. The Labute approximate surface area is 154 Å². The molecule has 0 aromatic heterocycles. The Morgan fingerprint density at radius 1 is 1.13 bits per heavy atom. The highest BCUT2D eigenvalue weighted by Gasteiger charge is 2.43. The molecule has 0 aliphatic heterocycles. The van der Waals surface area contributed by atoms with Crippen molar-refractivity contribution in [3.8, 4) is 5.75 Å². The van der Waals surface area contributed by atoms with E-state index in [1.54, 1.807) is 7.11 Å². The molecular formula is C18H22IN3O. The monoisotopic (exact) mass is 423 g/mol. The standard InChI is InChI=1S/C18H21N3O.HI/c1-22-16-10-6-5-9-15(16)21-17(19)20-13-18(11-12-18)14-7-3-2-4-8-14;/h2-10H,11-13H2,1H3,(H3,19,20,21);1H. The van der Waals surface area contributed by atoms with E-state index in [1.807, 2.05) is 30.3 Å². The van der Waals surface area contributed by atoms with Crippen molar-refractivity contribution in [2.45, 2.75) is 18.3 Å². The van der Waals surface area contributed by atoms with Crippen LogP contribution in [0.5, 0.6) is 5.75 Å². The van der Waals surface area contributed by atoms with Gasteiger partial charge in [-0.25, -0.2) is 0 Å². The van der Waals surface area contributed by atoms with Gasteiger partial charge in [-0.2, -0.15) is 0 Å². The largest absolute Gasteiger partial charge is 0.495 e. The molecule has 0 radical (unpaired) electrons. The lowest BCUT2D eigenvalue weighted by atomic mass is 9.96. The quantitative estimate of drug-likeness (QED) is 0.437. The van der Waals surface area contributed by atoms with Crippen molar-refractivity contribution < 1.29 is 4.74 Å². The van der Waals surface area contributed by atoms with Crippen molar-refractivity contribution in [2.75, 3.05) is 19.0 Å². The molecule has 122 valence electrons. The number of nitrogens with zero attached hydrogens (tertiary/aromatic N) is 1. The second-order valence-corrected chi connectivity index (χ2v) is 5.67. The maximum absolute atomic E-state index is 6.03. The summed E-state index contributed by atoms with van der Waals surface area (Å²) in [4.78, 5) is 4.53. The fourth-order valence-corrected chi connectivity index (χ4v) is 2.64. The molecule has 3 N–H and O–H groups in total. The molecule has 5 heteroatoms. The summed E-state index contributed by atoms with van der Waals surface area (Å²) in [6.45, 7) is 0.713. The third-order valence-corrected chi connectivity index (χ3v) is 4.16. The second-order valence-electron chi connectivity index (χ2n) is 5.67. The van der Waals surface area contributed by atoms with Crippen LogP contribution in [-0.2, 0) is 5.41 Å². The van der Waals surface area contributed by atoms with Gasteiger partial charge in [0, 0.05) is 5.41 Å². The van der Waals surface area contributed by atoms with E-state index in [9.17, 15) is 0 Å². The third-order valence-electron chi connectivity index (χ3n) is 4.16. The molecule has 0 unspecified atom stereocenters. The number of nitrogens with one attached hydrogen (secondary N) is 1. The van der Waals surface area contributed by atoms with E-state index in [0.29, 0.717) is 12.5 Å². The van der Waals surface area contributed by atoms with Crippen LogP contribution in [0.4, 0.5) is 5.69 Å². The van der Waals surface area contributed by atoms with Gasteiger partial charge in [-0.05, 0) is 30.5 Å². The number of aliphatic imine (C=N–C) groups is 1.